The summed E-state index contributed by atoms with van der Waals surface area (Å²) in [6.45, 7) is 0. The topological polar surface area (TPSA) is 61.5 Å². The molecule has 2 N–H and O–H groups in total. The van der Waals surface area contributed by atoms with E-state index in [0.29, 0.717) is 34.1 Å². The molecule has 0 aliphatic carbocycles. The van der Waals surface area contributed by atoms with Gasteiger partial charge in [0, 0.05) is 11.3 Å². The summed E-state index contributed by atoms with van der Waals surface area (Å²) in [6, 6.07) is 21.5. The van der Waals surface area contributed by atoms with Crippen molar-refractivity contribution in [2.75, 3.05) is 12.8 Å². The van der Waals surface area contributed by atoms with Crippen LogP contribution in [0.5, 0.6) is 17.2 Å². The Balaban J connectivity index is 1.98. The molecular formula is C20H17NO3. The summed E-state index contributed by atoms with van der Waals surface area (Å²) >= 11 is 0. The number of nitrogens with two attached hydrogens (primary N) is 1. The van der Waals surface area contributed by atoms with Crippen LogP contribution in [0.25, 0.3) is 0 Å². The molecule has 0 fully saturated rings. The predicted octanol–water partition coefficient (Wildman–Crippen LogP) is 4.30. The summed E-state index contributed by atoms with van der Waals surface area (Å²) in [5.41, 5.74) is 7.19. The van der Waals surface area contributed by atoms with Gasteiger partial charge in [-0.25, -0.2) is 0 Å². The molecule has 0 radical (unpaired) electrons. The van der Waals surface area contributed by atoms with Crippen molar-refractivity contribution < 1.29 is 14.3 Å². The van der Waals surface area contributed by atoms with Crippen LogP contribution in [0.15, 0.2) is 72.8 Å². The van der Waals surface area contributed by atoms with E-state index in [2.05, 4.69) is 0 Å². The van der Waals surface area contributed by atoms with Crippen molar-refractivity contribution in [3.63, 3.8) is 0 Å². The molecule has 0 bridgehead atoms. The van der Waals surface area contributed by atoms with Gasteiger partial charge in [-0.05, 0) is 42.5 Å². The van der Waals surface area contributed by atoms with Crippen LogP contribution in [-0.2, 0) is 0 Å². The Morgan fingerprint density at radius 1 is 0.833 bits per heavy atom. The van der Waals surface area contributed by atoms with Gasteiger partial charge in [0.05, 0.1) is 12.7 Å². The Labute approximate surface area is 140 Å². The van der Waals surface area contributed by atoms with Crippen LogP contribution in [-0.4, -0.2) is 12.9 Å². The molecule has 0 saturated carbocycles. The Bertz CT molecular complexity index is 860. The summed E-state index contributed by atoms with van der Waals surface area (Å²) in [7, 11) is 1.53. The highest BCUT2D eigenvalue weighted by Crippen LogP contribution is 2.30. The first-order valence-corrected chi connectivity index (χ1v) is 7.49. The van der Waals surface area contributed by atoms with Gasteiger partial charge in [0.2, 0.25) is 0 Å². The summed E-state index contributed by atoms with van der Waals surface area (Å²) in [5, 5.41) is 0. The van der Waals surface area contributed by atoms with Crippen LogP contribution >= 0.6 is 0 Å². The molecule has 0 heterocycles. The van der Waals surface area contributed by atoms with Crippen molar-refractivity contribution in [2.24, 2.45) is 0 Å². The van der Waals surface area contributed by atoms with E-state index in [1.54, 1.807) is 42.5 Å². The number of nitrogen functional groups attached to an aromatic ring is 1. The van der Waals surface area contributed by atoms with Crippen molar-refractivity contribution in [3.05, 3.63) is 83.9 Å². The van der Waals surface area contributed by atoms with E-state index in [-0.39, 0.29) is 5.78 Å². The molecule has 0 aliphatic rings. The third-order valence-electron chi connectivity index (χ3n) is 3.60. The minimum absolute atomic E-state index is 0.205. The maximum absolute atomic E-state index is 12.8. The molecular weight excluding hydrogens is 302 g/mol. The number of carbonyl (C=O) groups excluding carboxylic acids is 1. The molecule has 0 aliphatic heterocycles. The zero-order valence-electron chi connectivity index (χ0n) is 13.2. The first-order valence-electron chi connectivity index (χ1n) is 7.49. The third-order valence-corrected chi connectivity index (χ3v) is 3.60. The molecule has 0 aromatic heterocycles. The Morgan fingerprint density at radius 2 is 1.54 bits per heavy atom. The van der Waals surface area contributed by atoms with Crippen LogP contribution < -0.4 is 15.2 Å². The minimum Gasteiger partial charge on any atom is -0.496 e. The van der Waals surface area contributed by atoms with Gasteiger partial charge in [0.25, 0.3) is 0 Å². The largest absolute Gasteiger partial charge is 0.496 e. The van der Waals surface area contributed by atoms with Crippen molar-refractivity contribution in [1.29, 1.82) is 0 Å². The highest BCUT2D eigenvalue weighted by Gasteiger charge is 2.17. The molecule has 0 amide bonds. The third kappa shape index (κ3) is 3.22. The van der Waals surface area contributed by atoms with Gasteiger partial charge in [-0.2, -0.15) is 0 Å². The molecule has 24 heavy (non-hydrogen) atoms. The maximum Gasteiger partial charge on any atom is 0.198 e. The molecule has 4 nitrogen and oxygen atoms in total. The first-order chi connectivity index (χ1) is 11.7. The van der Waals surface area contributed by atoms with E-state index in [4.69, 9.17) is 15.2 Å². The number of ether oxygens (including phenoxy) is 2. The summed E-state index contributed by atoms with van der Waals surface area (Å²) in [6.07, 6.45) is 0. The Hall–Kier alpha value is -3.27. The molecule has 3 rings (SSSR count). The monoisotopic (exact) mass is 319 g/mol. The fourth-order valence-electron chi connectivity index (χ4n) is 2.40. The van der Waals surface area contributed by atoms with E-state index in [1.165, 1.54) is 7.11 Å². The number of anilines is 1. The average Bonchev–Trinajstić information content (AvgIpc) is 2.62. The van der Waals surface area contributed by atoms with Crippen molar-refractivity contribution in [2.45, 2.75) is 0 Å². The number of ketones is 1. The molecule has 0 saturated heterocycles. The van der Waals surface area contributed by atoms with Gasteiger partial charge in [-0.3, -0.25) is 4.79 Å². The van der Waals surface area contributed by atoms with Crippen molar-refractivity contribution >= 4 is 11.5 Å². The number of rotatable bonds is 5. The summed E-state index contributed by atoms with van der Waals surface area (Å²) < 4.78 is 11.1. The zero-order chi connectivity index (χ0) is 16.9. The maximum atomic E-state index is 12.8. The fourth-order valence-corrected chi connectivity index (χ4v) is 2.40. The van der Waals surface area contributed by atoms with Gasteiger partial charge in [0.1, 0.15) is 17.2 Å². The van der Waals surface area contributed by atoms with Gasteiger partial charge in [-0.1, -0.05) is 30.3 Å². The summed E-state index contributed by atoms with van der Waals surface area (Å²) in [4.78, 5) is 12.8. The number of para-hydroxylation sites is 2. The molecule has 3 aromatic carbocycles. The van der Waals surface area contributed by atoms with Gasteiger partial charge in [-0.15, -0.1) is 0 Å². The van der Waals surface area contributed by atoms with E-state index >= 15 is 0 Å². The van der Waals surface area contributed by atoms with Crippen molar-refractivity contribution in [3.8, 4) is 17.2 Å². The number of benzene rings is 3. The molecule has 0 atom stereocenters. The number of carbonyl (C=O) groups is 1. The van der Waals surface area contributed by atoms with Gasteiger partial charge >= 0.3 is 0 Å². The van der Waals surface area contributed by atoms with Gasteiger partial charge in [0.15, 0.2) is 5.78 Å². The quantitative estimate of drug-likeness (QED) is 0.562. The average molecular weight is 319 g/mol. The standard InChI is InChI=1S/C20H17NO3/c1-23-19-12-11-15(24-14-7-3-2-4-8-14)13-17(19)20(22)16-9-5-6-10-18(16)21/h2-13H,21H2,1H3. The minimum atomic E-state index is -0.205. The van der Waals surface area contributed by atoms with Crippen LogP contribution in [0.1, 0.15) is 15.9 Å². The first kappa shape index (κ1) is 15.6. The molecule has 4 heteroatoms. The zero-order valence-corrected chi connectivity index (χ0v) is 13.2. The smallest absolute Gasteiger partial charge is 0.198 e. The second-order valence-corrected chi connectivity index (χ2v) is 5.19. The van der Waals surface area contributed by atoms with E-state index in [9.17, 15) is 4.79 Å². The highest BCUT2D eigenvalue weighted by atomic mass is 16.5. The van der Waals surface area contributed by atoms with Crippen molar-refractivity contribution in [1.82, 2.24) is 0 Å². The number of hydrogen-bond donors (Lipinski definition) is 1. The lowest BCUT2D eigenvalue weighted by Crippen LogP contribution is -2.07. The van der Waals surface area contributed by atoms with Crippen LogP contribution in [0, 0.1) is 0 Å². The molecule has 0 unspecified atom stereocenters. The number of methoxy groups -OCH3 is 1. The van der Waals surface area contributed by atoms with E-state index in [1.807, 2.05) is 30.3 Å². The molecule has 120 valence electrons. The SMILES string of the molecule is COc1ccc(Oc2ccccc2)cc1C(=O)c1ccccc1N. The van der Waals surface area contributed by atoms with Crippen LogP contribution in [0.2, 0.25) is 0 Å². The normalized spacial score (nSPS) is 10.2. The highest BCUT2D eigenvalue weighted by molar-refractivity contribution is 6.13. The number of hydrogen-bond acceptors (Lipinski definition) is 4. The van der Waals surface area contributed by atoms with E-state index in [0.717, 1.165) is 0 Å². The second-order valence-electron chi connectivity index (χ2n) is 5.19. The Kier molecular flexibility index (Phi) is 4.47. The van der Waals surface area contributed by atoms with Crippen LogP contribution in [0.3, 0.4) is 0 Å². The predicted molar refractivity (Wildman–Crippen MR) is 93.8 cm³/mol. The fraction of sp³-hybridized carbons (Fsp3) is 0.0500. The lowest BCUT2D eigenvalue weighted by molar-refractivity contribution is 0.103. The molecule has 3 aromatic rings. The second kappa shape index (κ2) is 6.87. The van der Waals surface area contributed by atoms with Gasteiger partial charge < -0.3 is 15.2 Å². The lowest BCUT2D eigenvalue weighted by Gasteiger charge is -2.12. The Morgan fingerprint density at radius 3 is 2.25 bits per heavy atom. The molecule has 0 spiro atoms. The van der Waals surface area contributed by atoms with E-state index < -0.39 is 0 Å². The lowest BCUT2D eigenvalue weighted by atomic mass is 10.0. The van der Waals surface area contributed by atoms with Crippen LogP contribution in [0.4, 0.5) is 5.69 Å². The summed E-state index contributed by atoms with van der Waals surface area (Å²) in [5.74, 6) is 1.52.